The molecule has 0 aliphatic heterocycles. The number of aryl methyl sites for hydroxylation is 1. The first-order chi connectivity index (χ1) is 8.79. The molecule has 18 heavy (non-hydrogen) atoms. The predicted octanol–water partition coefficient (Wildman–Crippen LogP) is 3.95. The molecule has 0 unspecified atom stereocenters. The lowest BCUT2D eigenvalue weighted by atomic mass is 10.2. The highest BCUT2D eigenvalue weighted by molar-refractivity contribution is 7.09. The summed E-state index contributed by atoms with van der Waals surface area (Å²) >= 11 is 7.45. The molecule has 0 radical (unpaired) electrons. The third kappa shape index (κ3) is 3.72. The molecule has 0 aliphatic rings. The minimum Gasteiger partial charge on any atom is -0.375 e. The molecule has 0 bridgehead atoms. The van der Waals surface area contributed by atoms with E-state index in [1.807, 2.05) is 11.4 Å². The van der Waals surface area contributed by atoms with Crippen molar-refractivity contribution < 1.29 is 0 Å². The Balaban J connectivity index is 1.78. The number of para-hydroxylation sites is 1. The fraction of sp³-hybridized carbons (Fsp3) is 0.357. The topological polar surface area (TPSA) is 16.1 Å². The lowest BCUT2D eigenvalue weighted by molar-refractivity contribution is 0.780. The number of rotatable bonds is 6. The largest absolute Gasteiger partial charge is 0.375 e. The van der Waals surface area contributed by atoms with E-state index < -0.39 is 0 Å². The molecular formula is C14H17ClN2S. The van der Waals surface area contributed by atoms with Crippen molar-refractivity contribution in [3.8, 4) is 0 Å². The summed E-state index contributed by atoms with van der Waals surface area (Å²) in [4.78, 5) is 6.74. The lowest BCUT2D eigenvalue weighted by Gasteiger charge is -2.18. The Morgan fingerprint density at radius 1 is 1.28 bits per heavy atom. The van der Waals surface area contributed by atoms with Crippen LogP contribution in [0, 0.1) is 0 Å². The Kier molecular flexibility index (Phi) is 5.02. The second-order valence-electron chi connectivity index (χ2n) is 4.23. The number of aromatic nitrogens is 1. The summed E-state index contributed by atoms with van der Waals surface area (Å²) in [6, 6.07) is 10.4. The maximum atomic E-state index is 5.74. The average Bonchev–Trinajstić information content (AvgIpc) is 2.87. The van der Waals surface area contributed by atoms with Crippen LogP contribution in [0.25, 0.3) is 0 Å². The molecule has 2 rings (SSSR count). The quantitative estimate of drug-likeness (QED) is 0.745. The van der Waals surface area contributed by atoms with E-state index in [9.17, 15) is 0 Å². The number of nitrogens with zero attached hydrogens (tertiary/aromatic N) is 2. The molecule has 4 heteroatoms. The fourth-order valence-electron chi connectivity index (χ4n) is 1.80. The summed E-state index contributed by atoms with van der Waals surface area (Å²) in [5, 5.41) is 3.23. The van der Waals surface area contributed by atoms with Gasteiger partial charge < -0.3 is 4.90 Å². The Hall–Kier alpha value is -1.06. The molecule has 0 saturated carbocycles. The number of anilines is 1. The maximum Gasteiger partial charge on any atom is 0.0929 e. The summed E-state index contributed by atoms with van der Waals surface area (Å²) < 4.78 is 0. The third-order valence-corrected chi connectivity index (χ3v) is 4.05. The van der Waals surface area contributed by atoms with E-state index in [4.69, 9.17) is 11.6 Å². The van der Waals surface area contributed by atoms with E-state index in [-0.39, 0.29) is 0 Å². The van der Waals surface area contributed by atoms with Crippen LogP contribution in [0.2, 0.25) is 0 Å². The minimum absolute atomic E-state index is 0.514. The minimum atomic E-state index is 0.514. The van der Waals surface area contributed by atoms with Crippen LogP contribution < -0.4 is 4.90 Å². The summed E-state index contributed by atoms with van der Waals surface area (Å²) in [6.07, 6.45) is 2.14. The molecule has 0 saturated heterocycles. The van der Waals surface area contributed by atoms with E-state index in [1.165, 1.54) is 10.7 Å². The zero-order valence-electron chi connectivity index (χ0n) is 10.5. The molecule has 0 spiro atoms. The van der Waals surface area contributed by atoms with Crippen LogP contribution in [0.3, 0.4) is 0 Å². The van der Waals surface area contributed by atoms with E-state index in [2.05, 4.69) is 41.2 Å². The number of benzene rings is 1. The van der Waals surface area contributed by atoms with Gasteiger partial charge in [0.15, 0.2) is 0 Å². The van der Waals surface area contributed by atoms with Crippen LogP contribution in [0.4, 0.5) is 5.69 Å². The van der Waals surface area contributed by atoms with Crippen LogP contribution in [0.1, 0.15) is 17.1 Å². The van der Waals surface area contributed by atoms with Crippen LogP contribution in [0.5, 0.6) is 0 Å². The van der Waals surface area contributed by atoms with Gasteiger partial charge in [-0.3, -0.25) is 0 Å². The monoisotopic (exact) mass is 280 g/mol. The van der Waals surface area contributed by atoms with Gasteiger partial charge >= 0.3 is 0 Å². The molecule has 1 aromatic heterocycles. The molecule has 2 nitrogen and oxygen atoms in total. The van der Waals surface area contributed by atoms with Gasteiger partial charge in [0, 0.05) is 31.1 Å². The normalized spacial score (nSPS) is 10.6. The number of halogens is 1. The van der Waals surface area contributed by atoms with Crippen LogP contribution >= 0.6 is 22.9 Å². The third-order valence-electron chi connectivity index (χ3n) is 2.82. The van der Waals surface area contributed by atoms with Crippen molar-refractivity contribution in [2.24, 2.45) is 0 Å². The standard InChI is InChI=1S/C14H17ClN2S/c1-17(13-6-3-2-4-7-13)9-5-8-14-16-12(10-15)11-18-14/h2-4,6-7,11H,5,8-10H2,1H3. The van der Waals surface area contributed by atoms with E-state index in [0.29, 0.717) is 5.88 Å². The Morgan fingerprint density at radius 2 is 2.06 bits per heavy atom. The van der Waals surface area contributed by atoms with Crippen LogP contribution in [0.15, 0.2) is 35.7 Å². The van der Waals surface area contributed by atoms with E-state index >= 15 is 0 Å². The molecule has 0 atom stereocenters. The Labute approximate surface area is 117 Å². The highest BCUT2D eigenvalue weighted by atomic mass is 35.5. The predicted molar refractivity (Wildman–Crippen MR) is 79.7 cm³/mol. The average molecular weight is 281 g/mol. The smallest absolute Gasteiger partial charge is 0.0929 e. The van der Waals surface area contributed by atoms with Gasteiger partial charge in [-0.2, -0.15) is 0 Å². The van der Waals surface area contributed by atoms with Gasteiger partial charge in [0.1, 0.15) is 0 Å². The van der Waals surface area contributed by atoms with Gasteiger partial charge in [0.05, 0.1) is 16.6 Å². The highest BCUT2D eigenvalue weighted by Crippen LogP contribution is 2.15. The van der Waals surface area contributed by atoms with Gasteiger partial charge in [0.2, 0.25) is 0 Å². The second kappa shape index (κ2) is 6.76. The highest BCUT2D eigenvalue weighted by Gasteiger charge is 2.03. The lowest BCUT2D eigenvalue weighted by Crippen LogP contribution is -2.18. The fourth-order valence-corrected chi connectivity index (χ4v) is 2.87. The van der Waals surface area contributed by atoms with Gasteiger partial charge in [-0.05, 0) is 18.6 Å². The van der Waals surface area contributed by atoms with Crippen molar-refractivity contribution in [3.05, 3.63) is 46.4 Å². The molecule has 2 aromatic rings. The molecule has 0 amide bonds. The SMILES string of the molecule is CN(CCCc1nc(CCl)cs1)c1ccccc1. The maximum absolute atomic E-state index is 5.74. The Bertz CT molecular complexity index is 470. The van der Waals surface area contributed by atoms with Crippen molar-refractivity contribution in [2.75, 3.05) is 18.5 Å². The molecule has 96 valence electrons. The molecular weight excluding hydrogens is 264 g/mol. The number of hydrogen-bond donors (Lipinski definition) is 0. The first kappa shape index (κ1) is 13.4. The van der Waals surface area contributed by atoms with E-state index in [0.717, 1.165) is 25.1 Å². The molecule has 1 aromatic carbocycles. The number of alkyl halides is 1. The van der Waals surface area contributed by atoms with Crippen molar-refractivity contribution in [1.82, 2.24) is 4.98 Å². The number of hydrogen-bond acceptors (Lipinski definition) is 3. The summed E-state index contributed by atoms with van der Waals surface area (Å²) in [7, 11) is 2.13. The Morgan fingerprint density at radius 3 is 2.72 bits per heavy atom. The zero-order valence-corrected chi connectivity index (χ0v) is 12.0. The molecule has 0 aliphatic carbocycles. The molecule has 0 N–H and O–H groups in total. The van der Waals surface area contributed by atoms with E-state index in [1.54, 1.807) is 11.3 Å². The zero-order chi connectivity index (χ0) is 12.8. The van der Waals surface area contributed by atoms with Crippen molar-refractivity contribution in [1.29, 1.82) is 0 Å². The van der Waals surface area contributed by atoms with Gasteiger partial charge in [-0.15, -0.1) is 22.9 Å². The van der Waals surface area contributed by atoms with Crippen molar-refractivity contribution in [2.45, 2.75) is 18.7 Å². The summed E-state index contributed by atoms with van der Waals surface area (Å²) in [6.45, 7) is 1.04. The van der Waals surface area contributed by atoms with Crippen LogP contribution in [-0.2, 0) is 12.3 Å². The molecule has 1 heterocycles. The second-order valence-corrected chi connectivity index (χ2v) is 5.44. The van der Waals surface area contributed by atoms with Crippen molar-refractivity contribution in [3.63, 3.8) is 0 Å². The van der Waals surface area contributed by atoms with Crippen LogP contribution in [-0.4, -0.2) is 18.6 Å². The van der Waals surface area contributed by atoms with Crippen molar-refractivity contribution >= 4 is 28.6 Å². The summed E-state index contributed by atoms with van der Waals surface area (Å²) in [5.74, 6) is 0.514. The van der Waals surface area contributed by atoms with Gasteiger partial charge in [-0.1, -0.05) is 18.2 Å². The van der Waals surface area contributed by atoms with Gasteiger partial charge in [-0.25, -0.2) is 4.98 Å². The first-order valence-corrected chi connectivity index (χ1v) is 7.46. The number of thiazole rings is 1. The summed E-state index contributed by atoms with van der Waals surface area (Å²) in [5.41, 5.74) is 2.26. The molecule has 0 fully saturated rings. The van der Waals surface area contributed by atoms with Gasteiger partial charge in [0.25, 0.3) is 0 Å². The first-order valence-electron chi connectivity index (χ1n) is 6.05.